The third-order valence-corrected chi connectivity index (χ3v) is 5.06. The van der Waals surface area contributed by atoms with Gasteiger partial charge in [-0.25, -0.2) is 0 Å². The first-order chi connectivity index (χ1) is 14.6. The molecule has 2 aromatic carbocycles. The van der Waals surface area contributed by atoms with E-state index in [0.29, 0.717) is 6.54 Å². The Bertz CT molecular complexity index is 903. The molecule has 30 heavy (non-hydrogen) atoms. The Morgan fingerprint density at radius 3 is 2.47 bits per heavy atom. The lowest BCUT2D eigenvalue weighted by Gasteiger charge is -2.12. The second-order valence-corrected chi connectivity index (χ2v) is 7.41. The van der Waals surface area contributed by atoms with Crippen LogP contribution >= 0.6 is 0 Å². The van der Waals surface area contributed by atoms with Gasteiger partial charge in [0, 0.05) is 24.2 Å². The predicted molar refractivity (Wildman–Crippen MR) is 117 cm³/mol. The lowest BCUT2D eigenvalue weighted by molar-refractivity contribution is -0.124. The van der Waals surface area contributed by atoms with Gasteiger partial charge in [0.1, 0.15) is 0 Å². The normalized spacial score (nSPS) is 13.9. The number of anilines is 1. The Morgan fingerprint density at radius 1 is 0.933 bits per heavy atom. The molecule has 1 aliphatic carbocycles. The quantitative estimate of drug-likeness (QED) is 0.589. The van der Waals surface area contributed by atoms with E-state index in [1.54, 1.807) is 6.08 Å². The summed E-state index contributed by atoms with van der Waals surface area (Å²) >= 11 is 0. The minimum Gasteiger partial charge on any atom is -0.350 e. The van der Waals surface area contributed by atoms with Crippen LogP contribution in [0.4, 0.5) is 5.69 Å². The number of rotatable bonds is 8. The van der Waals surface area contributed by atoms with Crippen molar-refractivity contribution in [1.29, 1.82) is 0 Å². The SMILES string of the molecule is O=C(/C=C/c1ccccc1)NCC(=O)NCc1cccc(NC(=O)C2CCCC2)c1. The summed E-state index contributed by atoms with van der Waals surface area (Å²) in [5, 5.41) is 8.30. The summed E-state index contributed by atoms with van der Waals surface area (Å²) in [6.45, 7) is 0.220. The molecule has 3 rings (SSSR count). The number of carbonyl (C=O) groups excluding carboxylic acids is 3. The largest absolute Gasteiger partial charge is 0.350 e. The van der Waals surface area contributed by atoms with E-state index in [2.05, 4.69) is 16.0 Å². The van der Waals surface area contributed by atoms with Gasteiger partial charge < -0.3 is 16.0 Å². The summed E-state index contributed by atoms with van der Waals surface area (Å²) in [7, 11) is 0. The van der Waals surface area contributed by atoms with Crippen molar-refractivity contribution in [3.05, 3.63) is 71.8 Å². The van der Waals surface area contributed by atoms with E-state index in [4.69, 9.17) is 0 Å². The number of amides is 3. The number of hydrogen-bond acceptors (Lipinski definition) is 3. The molecule has 3 amide bonds. The van der Waals surface area contributed by atoms with E-state index in [9.17, 15) is 14.4 Å². The maximum atomic E-state index is 12.3. The summed E-state index contributed by atoms with van der Waals surface area (Å²) in [6.07, 6.45) is 7.23. The predicted octanol–water partition coefficient (Wildman–Crippen LogP) is 3.26. The van der Waals surface area contributed by atoms with Gasteiger partial charge in [-0.15, -0.1) is 0 Å². The molecular formula is C24H27N3O3. The Kier molecular flexibility index (Phi) is 7.78. The molecule has 0 heterocycles. The van der Waals surface area contributed by atoms with E-state index in [1.807, 2.05) is 54.6 Å². The van der Waals surface area contributed by atoms with Crippen molar-refractivity contribution in [2.75, 3.05) is 11.9 Å². The molecule has 0 aromatic heterocycles. The van der Waals surface area contributed by atoms with Crippen molar-refractivity contribution in [2.24, 2.45) is 5.92 Å². The van der Waals surface area contributed by atoms with Crippen LogP contribution < -0.4 is 16.0 Å². The summed E-state index contributed by atoms with van der Waals surface area (Å²) < 4.78 is 0. The molecule has 6 nitrogen and oxygen atoms in total. The van der Waals surface area contributed by atoms with Crippen LogP contribution in [0.25, 0.3) is 6.08 Å². The van der Waals surface area contributed by atoms with Crippen LogP contribution in [0.5, 0.6) is 0 Å². The molecular weight excluding hydrogens is 378 g/mol. The number of benzene rings is 2. The Hall–Kier alpha value is -3.41. The highest BCUT2D eigenvalue weighted by atomic mass is 16.2. The highest BCUT2D eigenvalue weighted by Crippen LogP contribution is 2.26. The van der Waals surface area contributed by atoms with Gasteiger partial charge in [0.2, 0.25) is 17.7 Å². The number of nitrogens with one attached hydrogen (secondary N) is 3. The van der Waals surface area contributed by atoms with E-state index in [0.717, 1.165) is 42.5 Å². The molecule has 0 radical (unpaired) electrons. The van der Waals surface area contributed by atoms with Crippen molar-refractivity contribution >= 4 is 29.5 Å². The van der Waals surface area contributed by atoms with Crippen LogP contribution in [0, 0.1) is 5.92 Å². The second kappa shape index (κ2) is 11.0. The van der Waals surface area contributed by atoms with E-state index < -0.39 is 0 Å². The first-order valence-corrected chi connectivity index (χ1v) is 10.3. The zero-order valence-corrected chi connectivity index (χ0v) is 16.9. The molecule has 3 N–H and O–H groups in total. The molecule has 2 aromatic rings. The maximum Gasteiger partial charge on any atom is 0.244 e. The zero-order valence-electron chi connectivity index (χ0n) is 16.9. The van der Waals surface area contributed by atoms with Gasteiger partial charge in [0.15, 0.2) is 0 Å². The standard InChI is InChI=1S/C24H27N3O3/c28-22(14-13-18-7-2-1-3-8-18)26-17-23(29)25-16-19-9-6-12-21(15-19)27-24(30)20-10-4-5-11-20/h1-3,6-9,12-15,20H,4-5,10-11,16-17H2,(H,25,29)(H,26,28)(H,27,30)/b14-13+. The van der Waals surface area contributed by atoms with Crippen molar-refractivity contribution < 1.29 is 14.4 Å². The third kappa shape index (κ3) is 6.88. The molecule has 1 fully saturated rings. The Morgan fingerprint density at radius 2 is 1.70 bits per heavy atom. The van der Waals surface area contributed by atoms with Crippen LogP contribution in [0.3, 0.4) is 0 Å². The Balaban J connectivity index is 1.40. The second-order valence-electron chi connectivity index (χ2n) is 7.41. The molecule has 1 saturated carbocycles. The van der Waals surface area contributed by atoms with Gasteiger partial charge in [0.05, 0.1) is 6.54 Å². The molecule has 6 heteroatoms. The molecule has 156 valence electrons. The summed E-state index contributed by atoms with van der Waals surface area (Å²) in [6, 6.07) is 16.9. The molecule has 0 unspecified atom stereocenters. The molecule has 0 spiro atoms. The fraction of sp³-hybridized carbons (Fsp3) is 0.292. The average Bonchev–Trinajstić information content (AvgIpc) is 3.31. The van der Waals surface area contributed by atoms with Gasteiger partial charge in [-0.3, -0.25) is 14.4 Å². The zero-order chi connectivity index (χ0) is 21.2. The fourth-order valence-corrected chi connectivity index (χ4v) is 3.42. The molecule has 0 aliphatic heterocycles. The van der Waals surface area contributed by atoms with Crippen LogP contribution in [-0.4, -0.2) is 24.3 Å². The summed E-state index contributed by atoms with van der Waals surface area (Å²) in [4.78, 5) is 36.1. The van der Waals surface area contributed by atoms with Crippen LogP contribution in [0.15, 0.2) is 60.7 Å². The van der Waals surface area contributed by atoms with E-state index >= 15 is 0 Å². The van der Waals surface area contributed by atoms with Gasteiger partial charge in [-0.2, -0.15) is 0 Å². The fourth-order valence-electron chi connectivity index (χ4n) is 3.42. The molecule has 1 aliphatic rings. The molecule has 0 atom stereocenters. The van der Waals surface area contributed by atoms with Gasteiger partial charge in [-0.1, -0.05) is 55.3 Å². The van der Waals surface area contributed by atoms with Crippen molar-refractivity contribution in [3.8, 4) is 0 Å². The van der Waals surface area contributed by atoms with Gasteiger partial charge in [-0.05, 0) is 42.2 Å². The Labute approximate surface area is 176 Å². The molecule has 0 bridgehead atoms. The smallest absolute Gasteiger partial charge is 0.244 e. The maximum absolute atomic E-state index is 12.3. The van der Waals surface area contributed by atoms with Gasteiger partial charge >= 0.3 is 0 Å². The van der Waals surface area contributed by atoms with Crippen molar-refractivity contribution in [2.45, 2.75) is 32.2 Å². The third-order valence-electron chi connectivity index (χ3n) is 5.06. The minimum atomic E-state index is -0.328. The average molecular weight is 405 g/mol. The topological polar surface area (TPSA) is 87.3 Å². The first-order valence-electron chi connectivity index (χ1n) is 10.3. The number of hydrogen-bond donors (Lipinski definition) is 3. The van der Waals surface area contributed by atoms with Crippen LogP contribution in [0.2, 0.25) is 0 Å². The van der Waals surface area contributed by atoms with Crippen molar-refractivity contribution in [1.82, 2.24) is 10.6 Å². The highest BCUT2D eigenvalue weighted by Gasteiger charge is 2.22. The summed E-state index contributed by atoms with van der Waals surface area (Å²) in [5.41, 5.74) is 2.53. The van der Waals surface area contributed by atoms with Crippen LogP contribution in [-0.2, 0) is 20.9 Å². The molecule has 0 saturated heterocycles. The minimum absolute atomic E-state index is 0.0694. The lowest BCUT2D eigenvalue weighted by Crippen LogP contribution is -2.35. The summed E-state index contributed by atoms with van der Waals surface area (Å²) in [5.74, 6) is -0.435. The number of carbonyl (C=O) groups is 3. The highest BCUT2D eigenvalue weighted by molar-refractivity contribution is 5.94. The van der Waals surface area contributed by atoms with Crippen molar-refractivity contribution in [3.63, 3.8) is 0 Å². The first kappa shape index (κ1) is 21.3. The lowest BCUT2D eigenvalue weighted by atomic mass is 10.1. The van der Waals surface area contributed by atoms with E-state index in [-0.39, 0.29) is 30.2 Å². The van der Waals surface area contributed by atoms with Gasteiger partial charge in [0.25, 0.3) is 0 Å². The monoisotopic (exact) mass is 405 g/mol. The van der Waals surface area contributed by atoms with Crippen LogP contribution in [0.1, 0.15) is 36.8 Å². The van der Waals surface area contributed by atoms with E-state index in [1.165, 1.54) is 6.08 Å².